The van der Waals surface area contributed by atoms with Gasteiger partial charge in [-0.3, -0.25) is 9.30 Å². The Labute approximate surface area is 176 Å². The second kappa shape index (κ2) is 8.77. The van der Waals surface area contributed by atoms with Crippen LogP contribution in [-0.2, 0) is 10.1 Å². The van der Waals surface area contributed by atoms with Crippen molar-refractivity contribution in [2.45, 2.75) is 57.4 Å². The van der Waals surface area contributed by atoms with Gasteiger partial charge in [0.2, 0.25) is 0 Å². The number of benzene rings is 1. The molecular weight excluding hydrogens is 407 g/mol. The van der Waals surface area contributed by atoms with Gasteiger partial charge >= 0.3 is 0 Å². The molecule has 0 aliphatic carbocycles. The minimum Gasteiger partial charge on any atom is -0.282 e. The average Bonchev–Trinajstić information content (AvgIpc) is 2.61. The highest BCUT2D eigenvalue weighted by atomic mass is 32.2. The summed E-state index contributed by atoms with van der Waals surface area (Å²) in [6.45, 7) is 16.2. The monoisotopic (exact) mass is 442 g/mol. The van der Waals surface area contributed by atoms with Crippen molar-refractivity contribution in [2.75, 3.05) is 39.3 Å². The Balaban J connectivity index is 0.000000188. The Hall–Kier alpha value is -0.760. The Morgan fingerprint density at radius 2 is 1.24 bits per heavy atom. The molecule has 29 heavy (non-hydrogen) atoms. The van der Waals surface area contributed by atoms with Crippen molar-refractivity contribution in [3.63, 3.8) is 0 Å². The van der Waals surface area contributed by atoms with Crippen LogP contribution < -0.4 is 0 Å². The third kappa shape index (κ3) is 5.30. The molecule has 3 heterocycles. The number of rotatable bonds is 1. The summed E-state index contributed by atoms with van der Waals surface area (Å²) in [6.07, 6.45) is 3.99. The molecule has 0 amide bonds. The molecule has 4 rings (SSSR count). The van der Waals surface area contributed by atoms with Crippen molar-refractivity contribution in [1.82, 2.24) is 14.0 Å². The maximum Gasteiger partial charge on any atom is 0.294 e. The minimum absolute atomic E-state index is 0.0666. The van der Waals surface area contributed by atoms with E-state index in [0.29, 0.717) is 0 Å². The molecule has 0 unspecified atom stereocenters. The smallest absolute Gasteiger partial charge is 0.282 e. The summed E-state index contributed by atoms with van der Waals surface area (Å²) in [4.78, 5) is -0.0666. The summed E-state index contributed by atoms with van der Waals surface area (Å²) in [5.41, 5.74) is 1.03. The molecule has 0 atom stereocenters. The third-order valence-corrected chi connectivity index (χ3v) is 10.6. The minimum atomic E-state index is -4.02. The predicted octanol–water partition coefficient (Wildman–Crippen LogP) is 4.09. The first-order valence-electron chi connectivity index (χ1n) is 10.5. The molecule has 0 radical (unpaired) electrons. The highest BCUT2D eigenvalue weighted by molar-refractivity contribution is 7.85. The first-order chi connectivity index (χ1) is 13.5. The lowest BCUT2D eigenvalue weighted by Gasteiger charge is -2.58. The Bertz CT molecular complexity index is 810. The molecule has 164 valence electrons. The van der Waals surface area contributed by atoms with Crippen molar-refractivity contribution in [1.29, 1.82) is 0 Å². The highest BCUT2D eigenvalue weighted by Crippen LogP contribution is 2.65. The van der Waals surface area contributed by atoms with Crippen LogP contribution in [0.2, 0.25) is 0 Å². The molecule has 1 aromatic rings. The molecule has 1 N–H and O–H groups in total. The number of hydrogen-bond acceptors (Lipinski definition) is 3. The van der Waals surface area contributed by atoms with Gasteiger partial charge < -0.3 is 0 Å². The zero-order chi connectivity index (χ0) is 21.3. The SMILES string of the molecule is CC(C)(C)N=P12N3CCCN1CCCN2CCC3.Cc1ccc(S(=O)(=O)O)cc1. The van der Waals surface area contributed by atoms with E-state index in [9.17, 15) is 8.42 Å². The van der Waals surface area contributed by atoms with Crippen LogP contribution in [0.15, 0.2) is 33.9 Å². The predicted molar refractivity (Wildman–Crippen MR) is 119 cm³/mol. The van der Waals surface area contributed by atoms with Gasteiger partial charge in [-0.25, -0.2) is 14.0 Å². The summed E-state index contributed by atoms with van der Waals surface area (Å²) >= 11 is 0. The van der Waals surface area contributed by atoms with Crippen LogP contribution in [0, 0.1) is 6.92 Å². The summed E-state index contributed by atoms with van der Waals surface area (Å²) in [5.74, 6) is 0. The quantitative estimate of drug-likeness (QED) is 0.522. The van der Waals surface area contributed by atoms with Crippen LogP contribution in [0.1, 0.15) is 45.6 Å². The first-order valence-corrected chi connectivity index (χ1v) is 13.5. The fourth-order valence-corrected chi connectivity index (χ4v) is 9.48. The summed E-state index contributed by atoms with van der Waals surface area (Å²) in [6, 6.07) is 5.99. The Morgan fingerprint density at radius 3 is 1.55 bits per heavy atom. The average molecular weight is 443 g/mol. The molecule has 3 aliphatic heterocycles. The van der Waals surface area contributed by atoms with Crippen molar-refractivity contribution in [2.24, 2.45) is 4.74 Å². The van der Waals surface area contributed by atoms with Crippen molar-refractivity contribution in [3.05, 3.63) is 29.8 Å². The van der Waals surface area contributed by atoms with Crippen LogP contribution in [0.4, 0.5) is 0 Å². The summed E-state index contributed by atoms with van der Waals surface area (Å²) in [5, 5.41) is 0. The van der Waals surface area contributed by atoms with E-state index in [1.165, 1.54) is 70.7 Å². The van der Waals surface area contributed by atoms with Crippen molar-refractivity contribution < 1.29 is 13.0 Å². The van der Waals surface area contributed by atoms with Gasteiger partial charge in [0.15, 0.2) is 7.51 Å². The normalized spacial score (nSPS) is 22.9. The maximum atomic E-state index is 10.5. The topological polar surface area (TPSA) is 76.5 Å². The first kappa shape index (κ1) is 22.9. The molecule has 1 aromatic carbocycles. The molecule has 0 bridgehead atoms. The Morgan fingerprint density at radius 1 is 0.862 bits per heavy atom. The van der Waals surface area contributed by atoms with Crippen LogP contribution in [0.5, 0.6) is 0 Å². The highest BCUT2D eigenvalue weighted by Gasteiger charge is 2.47. The molecule has 3 aliphatic rings. The van der Waals surface area contributed by atoms with E-state index in [2.05, 4.69) is 34.8 Å². The molecule has 0 saturated carbocycles. The largest absolute Gasteiger partial charge is 0.294 e. The van der Waals surface area contributed by atoms with Crippen LogP contribution >= 0.6 is 7.51 Å². The summed E-state index contributed by atoms with van der Waals surface area (Å²) < 4.78 is 43.2. The van der Waals surface area contributed by atoms with E-state index in [1.54, 1.807) is 12.1 Å². The van der Waals surface area contributed by atoms with Gasteiger partial charge in [-0.05, 0) is 59.1 Å². The van der Waals surface area contributed by atoms with Crippen LogP contribution in [0.25, 0.3) is 0 Å². The van der Waals surface area contributed by atoms with Crippen LogP contribution in [-0.4, -0.2) is 71.8 Å². The second-order valence-electron chi connectivity index (χ2n) is 9.02. The van der Waals surface area contributed by atoms with Gasteiger partial charge in [0.1, 0.15) is 0 Å². The lowest BCUT2D eigenvalue weighted by Crippen LogP contribution is -2.53. The second-order valence-corrected chi connectivity index (χ2v) is 13.4. The zero-order valence-corrected chi connectivity index (χ0v) is 19.8. The van der Waals surface area contributed by atoms with Crippen LogP contribution in [0.3, 0.4) is 0 Å². The lowest BCUT2D eigenvalue weighted by molar-refractivity contribution is 0.192. The van der Waals surface area contributed by atoms with Gasteiger partial charge in [0.05, 0.1) is 10.4 Å². The lowest BCUT2D eigenvalue weighted by atomic mass is 10.1. The molecule has 3 fully saturated rings. The van der Waals surface area contributed by atoms with Crippen molar-refractivity contribution >= 4 is 17.6 Å². The van der Waals surface area contributed by atoms with E-state index in [-0.39, 0.29) is 10.4 Å². The van der Waals surface area contributed by atoms with E-state index in [0.717, 1.165) is 5.56 Å². The van der Waals surface area contributed by atoms with Gasteiger partial charge in [0.25, 0.3) is 10.1 Å². The number of nitrogens with zero attached hydrogens (tertiary/aromatic N) is 4. The standard InChI is InChI=1S/C13H27N4P.C7H8O3S/c1-13(2,3)14-18-15-7-4-8-16(18)10-6-12-17(18)11-5-9-15;1-6-2-4-7(5-3-6)11(8,9)10/h4-12H2,1-3H3;2-5H,1H3,(H,8,9,10). The summed E-state index contributed by atoms with van der Waals surface area (Å²) in [7, 11) is -5.52. The van der Waals surface area contributed by atoms with Gasteiger partial charge in [0, 0.05) is 39.3 Å². The van der Waals surface area contributed by atoms with Crippen molar-refractivity contribution in [3.8, 4) is 0 Å². The van der Waals surface area contributed by atoms with Gasteiger partial charge in [-0.2, -0.15) is 8.42 Å². The van der Waals surface area contributed by atoms with E-state index in [1.807, 2.05) is 6.92 Å². The number of aryl methyl sites for hydroxylation is 1. The fourth-order valence-electron chi connectivity index (χ4n) is 4.29. The Kier molecular flexibility index (Phi) is 6.93. The molecule has 7 nitrogen and oxygen atoms in total. The molecular formula is C20H35N4O3PS. The van der Waals surface area contributed by atoms with Gasteiger partial charge in [-0.15, -0.1) is 0 Å². The molecule has 0 aromatic heterocycles. The maximum absolute atomic E-state index is 10.5. The van der Waals surface area contributed by atoms with E-state index in [4.69, 9.17) is 9.30 Å². The molecule has 0 spiro atoms. The number of hydrogen-bond donors (Lipinski definition) is 1. The molecule has 9 heteroatoms. The zero-order valence-electron chi connectivity index (χ0n) is 18.1. The van der Waals surface area contributed by atoms with E-state index < -0.39 is 17.6 Å². The van der Waals surface area contributed by atoms with Gasteiger partial charge in [-0.1, -0.05) is 17.7 Å². The molecule has 3 saturated heterocycles. The van der Waals surface area contributed by atoms with E-state index >= 15 is 0 Å². The fraction of sp³-hybridized carbons (Fsp3) is 0.700. The third-order valence-electron chi connectivity index (χ3n) is 5.39.